The smallest absolute Gasteiger partial charge is 0.269 e. The number of thioether (sulfide) groups is 1. The second-order valence-corrected chi connectivity index (χ2v) is 8.58. The number of nitrogens with two attached hydrogens (primary N) is 1. The molecule has 1 saturated heterocycles. The number of hydrogen-bond donors (Lipinski definition) is 2. The minimum atomic E-state index is -0.378. The van der Waals surface area contributed by atoms with Crippen LogP contribution >= 0.6 is 36.6 Å². The molecule has 1 amide bonds. The summed E-state index contributed by atoms with van der Waals surface area (Å²) in [6.07, 6.45) is 5.13. The van der Waals surface area contributed by atoms with Crippen LogP contribution in [-0.4, -0.2) is 46.0 Å². The Hall–Kier alpha value is -1.06. The van der Waals surface area contributed by atoms with Crippen LogP contribution in [0.1, 0.15) is 37.7 Å². The zero-order chi connectivity index (χ0) is 19.2. The van der Waals surface area contributed by atoms with Gasteiger partial charge in [0, 0.05) is 37.0 Å². The van der Waals surface area contributed by atoms with E-state index >= 15 is 0 Å². The summed E-state index contributed by atoms with van der Waals surface area (Å²) in [6, 6.07) is 6.79. The number of nitrogens with one attached hydrogen (secondary N) is 1. The second-order valence-electron chi connectivity index (χ2n) is 7.50. The molecule has 1 aromatic rings. The molecular formula is C19H30Cl2N4O3S. The quantitative estimate of drug-likeness (QED) is 0.473. The maximum absolute atomic E-state index is 12.3. The molecule has 2 aliphatic rings. The van der Waals surface area contributed by atoms with E-state index in [0.717, 1.165) is 62.4 Å². The number of nitro benzene ring substituents is 1. The van der Waals surface area contributed by atoms with E-state index in [2.05, 4.69) is 5.32 Å². The molecule has 3 N–H and O–H groups in total. The van der Waals surface area contributed by atoms with Gasteiger partial charge in [-0.15, -0.1) is 36.6 Å². The molecule has 7 nitrogen and oxygen atoms in total. The van der Waals surface area contributed by atoms with Gasteiger partial charge in [0.05, 0.1) is 16.8 Å². The molecule has 10 heteroatoms. The number of nitro groups is 1. The third kappa shape index (κ3) is 7.61. The van der Waals surface area contributed by atoms with Gasteiger partial charge < -0.3 is 16.0 Å². The summed E-state index contributed by atoms with van der Waals surface area (Å²) in [6.45, 7) is 1.55. The van der Waals surface area contributed by atoms with Crippen LogP contribution in [0.3, 0.4) is 0 Å². The van der Waals surface area contributed by atoms with Crippen molar-refractivity contribution in [3.05, 3.63) is 39.9 Å². The van der Waals surface area contributed by atoms with Crippen LogP contribution in [-0.2, 0) is 11.3 Å². The topological polar surface area (TPSA) is 101 Å². The maximum atomic E-state index is 12.3. The highest BCUT2D eigenvalue weighted by Gasteiger charge is 2.28. The first kappa shape index (κ1) is 26.0. The average Bonchev–Trinajstić information content (AvgIpc) is 3.22. The minimum absolute atomic E-state index is 0. The van der Waals surface area contributed by atoms with Crippen LogP contribution in [0.5, 0.6) is 0 Å². The number of carbonyl (C=O) groups excluding carboxylic acids is 1. The number of hydrogen-bond acceptors (Lipinski definition) is 6. The molecule has 1 aromatic carbocycles. The van der Waals surface area contributed by atoms with Crippen LogP contribution in [0.15, 0.2) is 24.3 Å². The van der Waals surface area contributed by atoms with Gasteiger partial charge >= 0.3 is 0 Å². The predicted octanol–water partition coefficient (Wildman–Crippen LogP) is 3.34. The molecule has 0 aromatic heterocycles. The number of carbonyl (C=O) groups is 1. The van der Waals surface area contributed by atoms with E-state index in [9.17, 15) is 14.9 Å². The van der Waals surface area contributed by atoms with Crippen molar-refractivity contribution in [1.29, 1.82) is 0 Å². The molecule has 0 radical (unpaired) electrons. The van der Waals surface area contributed by atoms with E-state index < -0.39 is 0 Å². The van der Waals surface area contributed by atoms with E-state index in [-0.39, 0.29) is 47.4 Å². The molecule has 0 spiro atoms. The molecule has 3 rings (SSSR count). The van der Waals surface area contributed by atoms with Crippen LogP contribution in [0.25, 0.3) is 0 Å². The van der Waals surface area contributed by atoms with Crippen molar-refractivity contribution in [3.63, 3.8) is 0 Å². The number of nitrogens with zero attached hydrogens (tertiary/aromatic N) is 2. The molecule has 1 atom stereocenters. The molecular weight excluding hydrogens is 435 g/mol. The zero-order valence-electron chi connectivity index (χ0n) is 16.3. The van der Waals surface area contributed by atoms with Crippen molar-refractivity contribution in [1.82, 2.24) is 10.2 Å². The first-order valence-electron chi connectivity index (χ1n) is 9.61. The van der Waals surface area contributed by atoms with Crippen molar-refractivity contribution in [2.45, 2.75) is 50.7 Å². The van der Waals surface area contributed by atoms with Crippen LogP contribution in [0.4, 0.5) is 5.69 Å². The number of halogens is 2. The summed E-state index contributed by atoms with van der Waals surface area (Å²) in [5.41, 5.74) is 7.34. The lowest BCUT2D eigenvalue weighted by molar-refractivity contribution is -0.384. The predicted molar refractivity (Wildman–Crippen MR) is 122 cm³/mol. The van der Waals surface area contributed by atoms with Gasteiger partial charge in [-0.2, -0.15) is 0 Å². The maximum Gasteiger partial charge on any atom is 0.269 e. The average molecular weight is 465 g/mol. The standard InChI is InChI=1S/C19H28N4O3S.2ClH/c20-18(19(24)22-9-10-27-13-22)11-14-1-5-16(6-2-14)21-12-15-3-7-17(8-4-15)23(25)26;;/h3-4,7-8,14,16,18,21H,1-2,5-6,9-13,20H2;2*1H. The lowest BCUT2D eigenvalue weighted by atomic mass is 9.82. The lowest BCUT2D eigenvalue weighted by Crippen LogP contribution is -2.44. The molecule has 1 unspecified atom stereocenters. The lowest BCUT2D eigenvalue weighted by Gasteiger charge is -2.31. The summed E-state index contributed by atoms with van der Waals surface area (Å²) >= 11 is 1.79. The Morgan fingerprint density at radius 1 is 1.24 bits per heavy atom. The van der Waals surface area contributed by atoms with E-state index in [1.54, 1.807) is 36.0 Å². The number of rotatable bonds is 7. The molecule has 0 bridgehead atoms. The minimum Gasteiger partial charge on any atom is -0.331 e. The largest absolute Gasteiger partial charge is 0.331 e. The van der Waals surface area contributed by atoms with Crippen LogP contribution in [0, 0.1) is 16.0 Å². The van der Waals surface area contributed by atoms with E-state index in [1.807, 2.05) is 4.90 Å². The molecule has 164 valence electrons. The number of benzene rings is 1. The van der Waals surface area contributed by atoms with Crippen molar-refractivity contribution < 1.29 is 9.72 Å². The zero-order valence-corrected chi connectivity index (χ0v) is 18.8. The van der Waals surface area contributed by atoms with E-state index in [1.165, 1.54) is 0 Å². The van der Waals surface area contributed by atoms with Gasteiger partial charge in [-0.25, -0.2) is 0 Å². The van der Waals surface area contributed by atoms with Crippen molar-refractivity contribution >= 4 is 48.2 Å². The number of non-ortho nitro benzene ring substituents is 1. The van der Waals surface area contributed by atoms with Gasteiger partial charge in [0.15, 0.2) is 0 Å². The second kappa shape index (κ2) is 12.6. The van der Waals surface area contributed by atoms with Crippen molar-refractivity contribution in [2.24, 2.45) is 11.7 Å². The Balaban J connectivity index is 0.00000210. The summed E-state index contributed by atoms with van der Waals surface area (Å²) < 4.78 is 0. The van der Waals surface area contributed by atoms with Crippen LogP contribution in [0.2, 0.25) is 0 Å². The van der Waals surface area contributed by atoms with E-state index in [0.29, 0.717) is 12.0 Å². The summed E-state index contributed by atoms with van der Waals surface area (Å²) in [4.78, 5) is 24.5. The van der Waals surface area contributed by atoms with Gasteiger partial charge in [0.1, 0.15) is 0 Å². The Bertz CT molecular complexity index is 651. The van der Waals surface area contributed by atoms with E-state index in [4.69, 9.17) is 5.73 Å². The molecule has 1 saturated carbocycles. The Morgan fingerprint density at radius 3 is 2.45 bits per heavy atom. The first-order valence-corrected chi connectivity index (χ1v) is 10.8. The molecule has 1 aliphatic carbocycles. The molecule has 1 heterocycles. The van der Waals surface area contributed by atoms with Crippen molar-refractivity contribution in [3.8, 4) is 0 Å². The number of amides is 1. The Kier molecular flexibility index (Phi) is 11.3. The molecule has 2 fully saturated rings. The van der Waals surface area contributed by atoms with Crippen LogP contribution < -0.4 is 11.1 Å². The third-order valence-electron chi connectivity index (χ3n) is 5.56. The summed E-state index contributed by atoms with van der Waals surface area (Å²) in [7, 11) is 0. The van der Waals surface area contributed by atoms with Gasteiger partial charge in [-0.3, -0.25) is 14.9 Å². The third-order valence-corrected chi connectivity index (χ3v) is 6.52. The van der Waals surface area contributed by atoms with Gasteiger partial charge in [0.25, 0.3) is 5.69 Å². The van der Waals surface area contributed by atoms with Gasteiger partial charge in [-0.05, 0) is 43.6 Å². The van der Waals surface area contributed by atoms with Crippen molar-refractivity contribution in [2.75, 3.05) is 18.2 Å². The van der Waals surface area contributed by atoms with Gasteiger partial charge in [0.2, 0.25) is 5.91 Å². The highest BCUT2D eigenvalue weighted by Crippen LogP contribution is 2.28. The van der Waals surface area contributed by atoms with Gasteiger partial charge in [-0.1, -0.05) is 12.1 Å². The summed E-state index contributed by atoms with van der Waals surface area (Å²) in [5, 5.41) is 14.2. The molecule has 29 heavy (non-hydrogen) atoms. The fraction of sp³-hybridized carbons (Fsp3) is 0.632. The highest BCUT2D eigenvalue weighted by molar-refractivity contribution is 7.99. The fourth-order valence-electron chi connectivity index (χ4n) is 3.88. The molecule has 1 aliphatic heterocycles. The summed E-state index contributed by atoms with van der Waals surface area (Å²) in [5.74, 6) is 2.44. The first-order chi connectivity index (χ1) is 13.0. The monoisotopic (exact) mass is 464 g/mol. The normalized spacial score (nSPS) is 22.3. The fourth-order valence-corrected chi connectivity index (χ4v) is 4.84. The Labute approximate surface area is 188 Å². The SMILES string of the molecule is Cl.Cl.NC(CC1CCC(NCc2ccc([N+](=O)[O-])cc2)CC1)C(=O)N1CCSC1. The highest BCUT2D eigenvalue weighted by atomic mass is 35.5. The Morgan fingerprint density at radius 2 is 1.90 bits per heavy atom.